The van der Waals surface area contributed by atoms with Gasteiger partial charge in [-0.05, 0) is 17.2 Å². The molecular weight excluding hydrogens is 296 g/mol. The molecule has 0 unspecified atom stereocenters. The van der Waals surface area contributed by atoms with Gasteiger partial charge in [0, 0.05) is 24.7 Å². The minimum absolute atomic E-state index is 0.222. The van der Waals surface area contributed by atoms with Gasteiger partial charge < -0.3 is 10.5 Å². The van der Waals surface area contributed by atoms with Crippen LogP contribution < -0.4 is 10.5 Å². The van der Waals surface area contributed by atoms with Crippen LogP contribution in [0.1, 0.15) is 11.1 Å². The van der Waals surface area contributed by atoms with Gasteiger partial charge in [-0.15, -0.1) is 11.3 Å². The Morgan fingerprint density at radius 1 is 1.30 bits per heavy atom. The Kier molecular flexibility index (Phi) is 4.77. The summed E-state index contributed by atoms with van der Waals surface area (Å²) >= 11 is 1.11. The molecule has 0 saturated heterocycles. The van der Waals surface area contributed by atoms with Gasteiger partial charge in [0.25, 0.3) is 0 Å². The zero-order valence-electron chi connectivity index (χ0n) is 11.0. The third-order valence-corrected chi connectivity index (χ3v) is 5.59. The zero-order chi connectivity index (χ0) is 14.6. The minimum atomic E-state index is -3.52. The second-order valence-electron chi connectivity index (χ2n) is 4.23. The first-order valence-corrected chi connectivity index (χ1v) is 8.28. The number of sulfonamides is 1. The predicted octanol–water partition coefficient (Wildman–Crippen LogP) is 1.96. The average molecular weight is 312 g/mol. The molecule has 0 aliphatic heterocycles. The number of nitrogens with two attached hydrogens (primary N) is 1. The van der Waals surface area contributed by atoms with Crippen LogP contribution in [-0.2, 0) is 27.9 Å². The summed E-state index contributed by atoms with van der Waals surface area (Å²) in [6.07, 6.45) is 0. The summed E-state index contributed by atoms with van der Waals surface area (Å²) in [5, 5.41) is 1.60. The van der Waals surface area contributed by atoms with E-state index in [1.165, 1.54) is 6.07 Å². The molecule has 0 fully saturated rings. The van der Waals surface area contributed by atoms with Crippen LogP contribution >= 0.6 is 11.3 Å². The first kappa shape index (κ1) is 15.0. The fraction of sp³-hybridized carbons (Fsp3) is 0.231. The summed E-state index contributed by atoms with van der Waals surface area (Å²) in [5.74, 6) is 0. The van der Waals surface area contributed by atoms with Crippen molar-refractivity contribution in [2.24, 2.45) is 0 Å². The van der Waals surface area contributed by atoms with Crippen molar-refractivity contribution >= 4 is 27.0 Å². The molecule has 0 bridgehead atoms. The highest BCUT2D eigenvalue weighted by atomic mass is 32.2. The van der Waals surface area contributed by atoms with Crippen molar-refractivity contribution in [3.63, 3.8) is 0 Å². The minimum Gasteiger partial charge on any atom is -0.398 e. The fourth-order valence-corrected chi connectivity index (χ4v) is 3.87. The molecule has 108 valence electrons. The molecule has 0 atom stereocenters. The Balaban J connectivity index is 2.12. The van der Waals surface area contributed by atoms with Gasteiger partial charge in [-0.3, -0.25) is 0 Å². The highest BCUT2D eigenvalue weighted by Crippen LogP contribution is 2.21. The van der Waals surface area contributed by atoms with Crippen LogP contribution in [0.25, 0.3) is 0 Å². The Morgan fingerprint density at radius 3 is 2.60 bits per heavy atom. The highest BCUT2D eigenvalue weighted by Gasteiger charge is 2.16. The molecule has 0 amide bonds. The Morgan fingerprint density at radius 2 is 2.00 bits per heavy atom. The van der Waals surface area contributed by atoms with Gasteiger partial charge in [0.1, 0.15) is 4.21 Å². The molecule has 3 N–H and O–H groups in total. The molecule has 0 aliphatic rings. The molecule has 5 nitrogen and oxygen atoms in total. The number of rotatable bonds is 6. The van der Waals surface area contributed by atoms with Crippen molar-refractivity contribution < 1.29 is 13.2 Å². The second kappa shape index (κ2) is 6.36. The molecule has 1 aromatic heterocycles. The lowest BCUT2D eigenvalue weighted by molar-refractivity contribution is 0.184. The molecule has 0 aliphatic carbocycles. The van der Waals surface area contributed by atoms with Crippen LogP contribution in [0.15, 0.2) is 39.9 Å². The number of nitrogens with one attached hydrogen (secondary N) is 1. The fourth-order valence-electron chi connectivity index (χ4n) is 1.74. The lowest BCUT2D eigenvalue weighted by Gasteiger charge is -2.09. The van der Waals surface area contributed by atoms with Gasteiger partial charge in [-0.25, -0.2) is 13.1 Å². The number of ether oxygens (including phenoxy) is 1. The maximum absolute atomic E-state index is 12.1. The van der Waals surface area contributed by atoms with Gasteiger partial charge in [0.05, 0.1) is 6.61 Å². The summed E-state index contributed by atoms with van der Waals surface area (Å²) in [4.78, 5) is 0. The number of methoxy groups -OCH3 is 1. The monoisotopic (exact) mass is 312 g/mol. The van der Waals surface area contributed by atoms with Gasteiger partial charge in [-0.2, -0.15) is 0 Å². The number of hydrogen-bond donors (Lipinski definition) is 2. The van der Waals surface area contributed by atoms with Crippen LogP contribution in [0, 0.1) is 0 Å². The van der Waals surface area contributed by atoms with Crippen LogP contribution in [0.3, 0.4) is 0 Å². The summed E-state index contributed by atoms with van der Waals surface area (Å²) in [5.41, 5.74) is 7.85. The molecule has 2 rings (SSSR count). The topological polar surface area (TPSA) is 81.4 Å². The first-order valence-electron chi connectivity index (χ1n) is 5.92. The van der Waals surface area contributed by atoms with Crippen molar-refractivity contribution in [2.75, 3.05) is 12.8 Å². The van der Waals surface area contributed by atoms with E-state index in [9.17, 15) is 8.42 Å². The smallest absolute Gasteiger partial charge is 0.250 e. The van der Waals surface area contributed by atoms with E-state index in [2.05, 4.69) is 4.72 Å². The van der Waals surface area contributed by atoms with Crippen molar-refractivity contribution in [3.05, 3.63) is 46.8 Å². The van der Waals surface area contributed by atoms with E-state index in [0.29, 0.717) is 12.3 Å². The van der Waals surface area contributed by atoms with Gasteiger partial charge in [-0.1, -0.05) is 24.3 Å². The summed E-state index contributed by atoms with van der Waals surface area (Å²) < 4.78 is 32.1. The Bertz CT molecular complexity index is 680. The van der Waals surface area contributed by atoms with Crippen molar-refractivity contribution in [2.45, 2.75) is 17.4 Å². The number of hydrogen-bond acceptors (Lipinski definition) is 5. The predicted molar refractivity (Wildman–Crippen MR) is 79.9 cm³/mol. The van der Waals surface area contributed by atoms with Gasteiger partial charge in [0.2, 0.25) is 10.0 Å². The van der Waals surface area contributed by atoms with Crippen LogP contribution in [0.5, 0.6) is 0 Å². The van der Waals surface area contributed by atoms with Crippen molar-refractivity contribution in [1.29, 1.82) is 0 Å². The average Bonchev–Trinajstić information content (AvgIpc) is 2.86. The quantitative estimate of drug-likeness (QED) is 0.854. The maximum Gasteiger partial charge on any atom is 0.250 e. The van der Waals surface area contributed by atoms with Crippen LogP contribution in [0.4, 0.5) is 5.69 Å². The SMILES string of the molecule is COCc1ccccc1CNS(=O)(=O)c1cc(N)cs1. The number of anilines is 1. The van der Waals surface area contributed by atoms with E-state index in [-0.39, 0.29) is 10.8 Å². The third-order valence-electron chi connectivity index (χ3n) is 2.73. The molecule has 20 heavy (non-hydrogen) atoms. The standard InChI is InChI=1S/C13H16N2O3S2/c1-18-8-11-5-3-2-4-10(11)7-15-20(16,17)13-6-12(14)9-19-13/h2-6,9,15H,7-8,14H2,1H3. The lowest BCUT2D eigenvalue weighted by atomic mass is 10.1. The summed E-state index contributed by atoms with van der Waals surface area (Å²) in [6, 6.07) is 9.00. The largest absolute Gasteiger partial charge is 0.398 e. The van der Waals surface area contributed by atoms with E-state index < -0.39 is 10.0 Å². The molecule has 0 spiro atoms. The van der Waals surface area contributed by atoms with Crippen molar-refractivity contribution in [3.8, 4) is 0 Å². The third kappa shape index (κ3) is 3.57. The molecule has 0 radical (unpaired) electrons. The van der Waals surface area contributed by atoms with E-state index in [0.717, 1.165) is 22.5 Å². The van der Waals surface area contributed by atoms with Crippen LogP contribution in [-0.4, -0.2) is 15.5 Å². The van der Waals surface area contributed by atoms with E-state index >= 15 is 0 Å². The van der Waals surface area contributed by atoms with Crippen molar-refractivity contribution in [1.82, 2.24) is 4.72 Å². The van der Waals surface area contributed by atoms with Crippen LogP contribution in [0.2, 0.25) is 0 Å². The molecule has 2 aromatic rings. The molecule has 7 heteroatoms. The molecular formula is C13H16N2O3S2. The maximum atomic E-state index is 12.1. The van der Waals surface area contributed by atoms with E-state index in [1.807, 2.05) is 24.3 Å². The molecule has 1 heterocycles. The number of nitrogen functional groups attached to an aromatic ring is 1. The molecule has 0 saturated carbocycles. The van der Waals surface area contributed by atoms with Gasteiger partial charge in [0.15, 0.2) is 0 Å². The number of benzene rings is 1. The van der Waals surface area contributed by atoms with Gasteiger partial charge >= 0.3 is 0 Å². The highest BCUT2D eigenvalue weighted by molar-refractivity contribution is 7.91. The van der Waals surface area contributed by atoms with E-state index in [1.54, 1.807) is 12.5 Å². The first-order chi connectivity index (χ1) is 9.53. The summed E-state index contributed by atoms with van der Waals surface area (Å²) in [7, 11) is -1.92. The molecule has 1 aromatic carbocycles. The lowest BCUT2D eigenvalue weighted by Crippen LogP contribution is -2.23. The Hall–Kier alpha value is -1.41. The summed E-state index contributed by atoms with van der Waals surface area (Å²) in [6.45, 7) is 0.670. The Labute approximate surface area is 122 Å². The zero-order valence-corrected chi connectivity index (χ0v) is 12.6. The second-order valence-corrected chi connectivity index (χ2v) is 7.13. The normalized spacial score (nSPS) is 11.7. The number of thiophene rings is 1. The van der Waals surface area contributed by atoms with E-state index in [4.69, 9.17) is 10.5 Å².